The average Bonchev–Trinajstić information content (AvgIpc) is 2.34. The maximum Gasteiger partial charge on any atom is 0.225 e. The van der Waals surface area contributed by atoms with E-state index < -0.39 is 0 Å². The van der Waals surface area contributed by atoms with E-state index >= 15 is 0 Å². The number of hydrogen-bond acceptors (Lipinski definition) is 1. The molecule has 1 aliphatic rings. The lowest BCUT2D eigenvalue weighted by molar-refractivity contribution is -0.131. The zero-order chi connectivity index (χ0) is 12.7. The van der Waals surface area contributed by atoms with Crippen molar-refractivity contribution in [3.05, 3.63) is 0 Å². The highest BCUT2D eigenvalue weighted by atomic mass is 35.5. The van der Waals surface area contributed by atoms with Gasteiger partial charge in [0.25, 0.3) is 0 Å². The lowest BCUT2D eigenvalue weighted by Crippen LogP contribution is -2.40. The van der Waals surface area contributed by atoms with E-state index in [9.17, 15) is 4.79 Å². The molecular formula is C14H26ClNO. The van der Waals surface area contributed by atoms with Gasteiger partial charge in [0.1, 0.15) is 0 Å². The molecule has 0 aromatic heterocycles. The summed E-state index contributed by atoms with van der Waals surface area (Å²) in [7, 11) is 0. The number of carbonyl (C=O) groups is 1. The molecule has 0 heterocycles. The third-order valence-corrected chi connectivity index (χ3v) is 4.45. The van der Waals surface area contributed by atoms with Crippen molar-refractivity contribution in [2.45, 2.75) is 58.8 Å². The van der Waals surface area contributed by atoms with Gasteiger partial charge in [0.05, 0.1) is 0 Å². The van der Waals surface area contributed by atoms with E-state index in [1.807, 2.05) is 0 Å². The Morgan fingerprint density at radius 1 is 1.35 bits per heavy atom. The summed E-state index contributed by atoms with van der Waals surface area (Å²) in [5.74, 6) is 1.53. The molecule has 1 aliphatic carbocycles. The highest BCUT2D eigenvalue weighted by Crippen LogP contribution is 2.35. The van der Waals surface area contributed by atoms with Crippen LogP contribution < -0.4 is 5.32 Å². The summed E-state index contributed by atoms with van der Waals surface area (Å²) in [6, 6.07) is 0. The molecule has 1 fully saturated rings. The Bertz CT molecular complexity index is 236. The van der Waals surface area contributed by atoms with Crippen molar-refractivity contribution < 1.29 is 4.79 Å². The van der Waals surface area contributed by atoms with E-state index in [0.717, 1.165) is 32.2 Å². The van der Waals surface area contributed by atoms with Gasteiger partial charge in [0.15, 0.2) is 0 Å². The fourth-order valence-corrected chi connectivity index (χ4v) is 2.66. The summed E-state index contributed by atoms with van der Waals surface area (Å²) in [6.45, 7) is 5.07. The van der Waals surface area contributed by atoms with Crippen molar-refractivity contribution in [2.24, 2.45) is 11.3 Å². The minimum Gasteiger partial charge on any atom is -0.356 e. The fourth-order valence-electron chi connectivity index (χ4n) is 2.50. The first kappa shape index (κ1) is 14.8. The number of amides is 1. The topological polar surface area (TPSA) is 29.1 Å². The Balaban J connectivity index is 2.20. The van der Waals surface area contributed by atoms with Crippen molar-refractivity contribution in [3.8, 4) is 0 Å². The zero-order valence-corrected chi connectivity index (χ0v) is 12.0. The molecule has 0 aromatic carbocycles. The van der Waals surface area contributed by atoms with Crippen LogP contribution in [0.1, 0.15) is 58.8 Å². The van der Waals surface area contributed by atoms with E-state index in [0.29, 0.717) is 11.8 Å². The molecule has 1 amide bonds. The Hall–Kier alpha value is -0.240. The second-order valence-electron chi connectivity index (χ2n) is 5.78. The molecule has 1 unspecified atom stereocenters. The van der Waals surface area contributed by atoms with Crippen LogP contribution in [-0.2, 0) is 4.79 Å². The largest absolute Gasteiger partial charge is 0.356 e. The van der Waals surface area contributed by atoms with Gasteiger partial charge in [-0.15, -0.1) is 11.6 Å². The number of nitrogens with one attached hydrogen (secondary N) is 1. The van der Waals surface area contributed by atoms with Gasteiger partial charge in [-0.25, -0.2) is 0 Å². The summed E-state index contributed by atoms with van der Waals surface area (Å²) in [5.41, 5.74) is -0.101. The van der Waals surface area contributed by atoms with Crippen LogP contribution in [0, 0.1) is 11.3 Å². The van der Waals surface area contributed by atoms with Crippen molar-refractivity contribution >= 4 is 17.5 Å². The molecule has 0 bridgehead atoms. The first-order valence-corrected chi connectivity index (χ1v) is 7.46. The average molecular weight is 260 g/mol. The first-order valence-electron chi connectivity index (χ1n) is 6.93. The highest BCUT2D eigenvalue weighted by molar-refractivity contribution is 6.18. The third-order valence-electron chi connectivity index (χ3n) is 3.93. The maximum absolute atomic E-state index is 12.1. The molecular weight excluding hydrogens is 234 g/mol. The molecule has 2 nitrogen and oxygen atoms in total. The Labute approximate surface area is 110 Å². The van der Waals surface area contributed by atoms with Crippen molar-refractivity contribution in [1.82, 2.24) is 5.32 Å². The van der Waals surface area contributed by atoms with Gasteiger partial charge < -0.3 is 5.32 Å². The fraction of sp³-hybridized carbons (Fsp3) is 0.929. The van der Waals surface area contributed by atoms with Gasteiger partial charge in [0, 0.05) is 17.8 Å². The van der Waals surface area contributed by atoms with E-state index in [1.54, 1.807) is 0 Å². The van der Waals surface area contributed by atoms with Crippen LogP contribution in [0.4, 0.5) is 0 Å². The van der Waals surface area contributed by atoms with Gasteiger partial charge in [-0.2, -0.15) is 0 Å². The number of alkyl halides is 1. The number of halogens is 1. The summed E-state index contributed by atoms with van der Waals surface area (Å²) in [6.07, 6.45) is 7.93. The van der Waals surface area contributed by atoms with E-state index in [2.05, 4.69) is 19.2 Å². The van der Waals surface area contributed by atoms with Gasteiger partial charge in [-0.1, -0.05) is 33.1 Å². The third kappa shape index (κ3) is 4.87. The van der Waals surface area contributed by atoms with Crippen molar-refractivity contribution in [1.29, 1.82) is 0 Å². The summed E-state index contributed by atoms with van der Waals surface area (Å²) < 4.78 is 0. The summed E-state index contributed by atoms with van der Waals surface area (Å²) >= 11 is 5.75. The minimum absolute atomic E-state index is 0.101. The Kier molecular flexibility index (Phi) is 6.32. The number of rotatable bonds is 6. The second-order valence-corrected chi connectivity index (χ2v) is 6.09. The molecule has 0 radical (unpaired) electrons. The van der Waals surface area contributed by atoms with Crippen molar-refractivity contribution in [2.75, 3.05) is 12.4 Å². The SMILES string of the molecule is CC(CCl)CCCNC(=O)C1(C)CCCCC1. The summed E-state index contributed by atoms with van der Waals surface area (Å²) in [4.78, 5) is 12.1. The maximum atomic E-state index is 12.1. The van der Waals surface area contributed by atoms with Crippen LogP contribution in [0.15, 0.2) is 0 Å². The van der Waals surface area contributed by atoms with Crippen molar-refractivity contribution in [3.63, 3.8) is 0 Å². The normalized spacial score (nSPS) is 20.9. The van der Waals surface area contributed by atoms with E-state index in [1.165, 1.54) is 19.3 Å². The van der Waals surface area contributed by atoms with E-state index in [4.69, 9.17) is 11.6 Å². The van der Waals surface area contributed by atoms with E-state index in [-0.39, 0.29) is 11.3 Å². The standard InChI is InChI=1S/C14H26ClNO/c1-12(11-15)7-6-10-16-13(17)14(2)8-4-3-5-9-14/h12H,3-11H2,1-2H3,(H,16,17). The molecule has 1 atom stereocenters. The molecule has 0 aliphatic heterocycles. The van der Waals surface area contributed by atoms with Gasteiger partial charge in [-0.05, 0) is 31.6 Å². The van der Waals surface area contributed by atoms with Crippen LogP contribution >= 0.6 is 11.6 Å². The number of hydrogen-bond donors (Lipinski definition) is 1. The first-order chi connectivity index (χ1) is 8.08. The highest BCUT2D eigenvalue weighted by Gasteiger charge is 2.33. The second kappa shape index (κ2) is 7.25. The van der Waals surface area contributed by atoms with Gasteiger partial charge in [0.2, 0.25) is 5.91 Å². The molecule has 0 aromatic rings. The van der Waals surface area contributed by atoms with Crippen LogP contribution in [0.3, 0.4) is 0 Å². The lowest BCUT2D eigenvalue weighted by atomic mass is 9.75. The molecule has 0 saturated heterocycles. The smallest absolute Gasteiger partial charge is 0.225 e. The molecule has 1 saturated carbocycles. The van der Waals surface area contributed by atoms with Crippen LogP contribution in [-0.4, -0.2) is 18.3 Å². The Morgan fingerprint density at radius 2 is 2.00 bits per heavy atom. The molecule has 0 spiro atoms. The monoisotopic (exact) mass is 259 g/mol. The molecule has 1 rings (SSSR count). The van der Waals surface area contributed by atoms with Crippen LogP contribution in [0.2, 0.25) is 0 Å². The zero-order valence-electron chi connectivity index (χ0n) is 11.2. The summed E-state index contributed by atoms with van der Waals surface area (Å²) in [5, 5.41) is 3.09. The molecule has 1 N–H and O–H groups in total. The predicted octanol–water partition coefficient (Wildman–Crippen LogP) is 3.73. The van der Waals surface area contributed by atoms with Crippen LogP contribution in [0.25, 0.3) is 0 Å². The lowest BCUT2D eigenvalue weighted by Gasteiger charge is -2.32. The minimum atomic E-state index is -0.101. The quantitative estimate of drug-likeness (QED) is 0.572. The van der Waals surface area contributed by atoms with Gasteiger partial charge in [-0.3, -0.25) is 4.79 Å². The molecule has 17 heavy (non-hydrogen) atoms. The molecule has 3 heteroatoms. The van der Waals surface area contributed by atoms with Crippen LogP contribution in [0.5, 0.6) is 0 Å². The Morgan fingerprint density at radius 3 is 2.59 bits per heavy atom. The molecule has 100 valence electrons. The van der Waals surface area contributed by atoms with Gasteiger partial charge >= 0.3 is 0 Å². The predicted molar refractivity (Wildman–Crippen MR) is 73.3 cm³/mol. The number of carbonyl (C=O) groups excluding carboxylic acids is 1.